The summed E-state index contributed by atoms with van der Waals surface area (Å²) < 4.78 is 19.5. The molecular formula is C16H15BrFNO3. The van der Waals surface area contributed by atoms with Crippen molar-refractivity contribution >= 4 is 21.9 Å². The van der Waals surface area contributed by atoms with Crippen molar-refractivity contribution in [2.45, 2.75) is 25.9 Å². The number of benzene rings is 1. The number of carboxylic acid groups (broad SMARTS) is 1. The molecule has 1 heterocycles. The first-order valence-electron chi connectivity index (χ1n) is 6.78. The third-order valence-corrected chi connectivity index (χ3v) is 3.80. The Bertz CT molecular complexity index is 646. The van der Waals surface area contributed by atoms with Gasteiger partial charge >= 0.3 is 5.97 Å². The van der Waals surface area contributed by atoms with Crippen LogP contribution in [-0.4, -0.2) is 16.1 Å². The molecular weight excluding hydrogens is 353 g/mol. The van der Waals surface area contributed by atoms with Gasteiger partial charge in [0.05, 0.1) is 6.20 Å². The summed E-state index contributed by atoms with van der Waals surface area (Å²) in [5.74, 6) is -0.535. The molecule has 6 heteroatoms. The molecule has 0 fully saturated rings. The van der Waals surface area contributed by atoms with E-state index >= 15 is 0 Å². The molecule has 0 bridgehead atoms. The number of rotatable bonds is 7. The summed E-state index contributed by atoms with van der Waals surface area (Å²) in [5, 5.41) is 8.58. The summed E-state index contributed by atoms with van der Waals surface area (Å²) in [5.41, 5.74) is 1.53. The highest BCUT2D eigenvalue weighted by Gasteiger charge is 2.04. The Balaban J connectivity index is 1.88. The molecule has 0 saturated carbocycles. The number of halogens is 2. The van der Waals surface area contributed by atoms with Gasteiger partial charge in [-0.15, -0.1) is 0 Å². The second-order valence-corrected chi connectivity index (χ2v) is 5.61. The highest BCUT2D eigenvalue weighted by atomic mass is 79.9. The van der Waals surface area contributed by atoms with Gasteiger partial charge in [0.15, 0.2) is 0 Å². The highest BCUT2D eigenvalue weighted by Crippen LogP contribution is 2.20. The Morgan fingerprint density at radius 3 is 2.82 bits per heavy atom. The molecule has 0 aliphatic rings. The van der Waals surface area contributed by atoms with E-state index < -0.39 is 5.97 Å². The molecule has 2 aromatic rings. The lowest BCUT2D eigenvalue weighted by molar-refractivity contribution is -0.137. The van der Waals surface area contributed by atoms with Crippen LogP contribution in [0.2, 0.25) is 0 Å². The zero-order chi connectivity index (χ0) is 15.9. The van der Waals surface area contributed by atoms with E-state index in [1.165, 1.54) is 12.1 Å². The van der Waals surface area contributed by atoms with Gasteiger partial charge in [0, 0.05) is 22.2 Å². The summed E-state index contributed by atoms with van der Waals surface area (Å²) in [6, 6.07) is 8.00. The SMILES string of the molecule is O=C(O)CCCc1ccc(OCc2cc(F)ccc2Br)cn1. The van der Waals surface area contributed by atoms with Crippen LogP contribution in [-0.2, 0) is 17.8 Å². The average Bonchev–Trinajstić information content (AvgIpc) is 2.49. The largest absolute Gasteiger partial charge is 0.487 e. The van der Waals surface area contributed by atoms with E-state index in [9.17, 15) is 9.18 Å². The molecule has 0 unspecified atom stereocenters. The van der Waals surface area contributed by atoms with E-state index in [0.717, 1.165) is 10.2 Å². The van der Waals surface area contributed by atoms with Gasteiger partial charge in [0.25, 0.3) is 0 Å². The second kappa shape index (κ2) is 7.89. The van der Waals surface area contributed by atoms with E-state index in [4.69, 9.17) is 9.84 Å². The van der Waals surface area contributed by atoms with Crippen molar-refractivity contribution in [1.82, 2.24) is 4.98 Å². The molecule has 2 rings (SSSR count). The number of ether oxygens (including phenoxy) is 1. The van der Waals surface area contributed by atoms with Crippen LogP contribution in [0.1, 0.15) is 24.1 Å². The molecule has 0 saturated heterocycles. The second-order valence-electron chi connectivity index (χ2n) is 4.76. The maximum Gasteiger partial charge on any atom is 0.303 e. The number of pyridine rings is 1. The zero-order valence-electron chi connectivity index (χ0n) is 11.8. The van der Waals surface area contributed by atoms with Gasteiger partial charge in [-0.25, -0.2) is 4.39 Å². The van der Waals surface area contributed by atoms with Crippen LogP contribution in [0.25, 0.3) is 0 Å². The van der Waals surface area contributed by atoms with Crippen LogP contribution in [0.4, 0.5) is 4.39 Å². The molecule has 0 atom stereocenters. The van der Waals surface area contributed by atoms with Crippen LogP contribution < -0.4 is 4.74 Å². The normalized spacial score (nSPS) is 10.5. The first kappa shape index (κ1) is 16.4. The van der Waals surface area contributed by atoms with Gasteiger partial charge in [0.1, 0.15) is 18.2 Å². The molecule has 0 spiro atoms. The van der Waals surface area contributed by atoms with Crippen LogP contribution >= 0.6 is 15.9 Å². The standard InChI is InChI=1S/C16H15BrFNO3/c17-15-7-4-12(18)8-11(15)10-22-14-6-5-13(19-9-14)2-1-3-16(20)21/h4-9H,1-3,10H2,(H,20,21). The van der Waals surface area contributed by atoms with Gasteiger partial charge in [0.2, 0.25) is 0 Å². The van der Waals surface area contributed by atoms with Crippen LogP contribution in [0.3, 0.4) is 0 Å². The lowest BCUT2D eigenvalue weighted by atomic mass is 10.2. The summed E-state index contributed by atoms with van der Waals surface area (Å²) in [4.78, 5) is 14.7. The van der Waals surface area contributed by atoms with Gasteiger partial charge in [-0.2, -0.15) is 0 Å². The van der Waals surface area contributed by atoms with E-state index in [1.54, 1.807) is 24.4 Å². The molecule has 1 aromatic heterocycles. The quantitative estimate of drug-likeness (QED) is 0.804. The summed E-state index contributed by atoms with van der Waals surface area (Å²) >= 11 is 3.35. The maximum atomic E-state index is 13.2. The van der Waals surface area contributed by atoms with Crippen LogP contribution in [0.5, 0.6) is 5.75 Å². The van der Waals surface area contributed by atoms with Crippen molar-refractivity contribution in [2.75, 3.05) is 0 Å². The Labute approximate surface area is 136 Å². The maximum absolute atomic E-state index is 13.2. The Morgan fingerprint density at radius 2 is 2.14 bits per heavy atom. The lowest BCUT2D eigenvalue weighted by Crippen LogP contribution is -1.99. The van der Waals surface area contributed by atoms with Crippen molar-refractivity contribution < 1.29 is 19.0 Å². The molecule has 116 valence electrons. The number of aliphatic carboxylic acids is 1. The number of hydrogen-bond donors (Lipinski definition) is 1. The van der Waals surface area contributed by atoms with E-state index in [0.29, 0.717) is 24.2 Å². The molecule has 0 radical (unpaired) electrons. The predicted molar refractivity (Wildman–Crippen MR) is 83.2 cm³/mol. The smallest absolute Gasteiger partial charge is 0.303 e. The van der Waals surface area contributed by atoms with Crippen molar-refractivity contribution in [1.29, 1.82) is 0 Å². The number of aromatic nitrogens is 1. The fourth-order valence-corrected chi connectivity index (χ4v) is 2.24. The molecule has 0 aliphatic heterocycles. The molecule has 0 amide bonds. The topological polar surface area (TPSA) is 59.4 Å². The first-order valence-corrected chi connectivity index (χ1v) is 7.57. The van der Waals surface area contributed by atoms with Gasteiger partial charge in [-0.1, -0.05) is 15.9 Å². The summed E-state index contributed by atoms with van der Waals surface area (Å²) in [6.45, 7) is 0.235. The van der Waals surface area contributed by atoms with Gasteiger partial charge in [-0.3, -0.25) is 9.78 Å². The minimum atomic E-state index is -0.805. The number of carbonyl (C=O) groups is 1. The number of nitrogens with zero attached hydrogens (tertiary/aromatic N) is 1. The molecule has 4 nitrogen and oxygen atoms in total. The average molecular weight is 368 g/mol. The Morgan fingerprint density at radius 1 is 1.32 bits per heavy atom. The van der Waals surface area contributed by atoms with Crippen LogP contribution in [0.15, 0.2) is 41.0 Å². The van der Waals surface area contributed by atoms with E-state index in [2.05, 4.69) is 20.9 Å². The zero-order valence-corrected chi connectivity index (χ0v) is 13.3. The predicted octanol–water partition coefficient (Wildman–Crippen LogP) is 3.97. The fourth-order valence-electron chi connectivity index (χ4n) is 1.88. The van der Waals surface area contributed by atoms with Gasteiger partial charge < -0.3 is 9.84 Å². The van der Waals surface area contributed by atoms with Crippen LogP contribution in [0, 0.1) is 5.82 Å². The lowest BCUT2D eigenvalue weighted by Gasteiger charge is -2.08. The number of aryl methyl sites for hydroxylation is 1. The molecule has 0 aliphatic carbocycles. The Hall–Kier alpha value is -1.95. The molecule has 1 N–H and O–H groups in total. The van der Waals surface area contributed by atoms with Crippen molar-refractivity contribution in [3.8, 4) is 5.75 Å². The Kier molecular flexibility index (Phi) is 5.89. The highest BCUT2D eigenvalue weighted by molar-refractivity contribution is 9.10. The first-order chi connectivity index (χ1) is 10.5. The van der Waals surface area contributed by atoms with Crippen molar-refractivity contribution in [3.63, 3.8) is 0 Å². The third kappa shape index (κ3) is 5.11. The van der Waals surface area contributed by atoms with E-state index in [1.807, 2.05) is 0 Å². The number of carboxylic acids is 1. The van der Waals surface area contributed by atoms with Crippen molar-refractivity contribution in [3.05, 3.63) is 58.1 Å². The minimum Gasteiger partial charge on any atom is -0.487 e. The summed E-state index contributed by atoms with van der Waals surface area (Å²) in [7, 11) is 0. The summed E-state index contributed by atoms with van der Waals surface area (Å²) in [6.07, 6.45) is 2.89. The molecule has 1 aromatic carbocycles. The molecule has 22 heavy (non-hydrogen) atoms. The fraction of sp³-hybridized carbons (Fsp3) is 0.250. The monoisotopic (exact) mass is 367 g/mol. The number of hydrogen-bond acceptors (Lipinski definition) is 3. The van der Waals surface area contributed by atoms with E-state index in [-0.39, 0.29) is 18.8 Å². The third-order valence-electron chi connectivity index (χ3n) is 3.02. The van der Waals surface area contributed by atoms with Crippen molar-refractivity contribution in [2.24, 2.45) is 0 Å². The van der Waals surface area contributed by atoms with Gasteiger partial charge in [-0.05, 0) is 43.2 Å². The minimum absolute atomic E-state index is 0.132.